The van der Waals surface area contributed by atoms with E-state index in [-0.39, 0.29) is 0 Å². The van der Waals surface area contributed by atoms with Crippen LogP contribution < -0.4 is 0 Å². The Kier molecular flexibility index (Phi) is 13.3. The predicted octanol–water partition coefficient (Wildman–Crippen LogP) is 8.19. The average Bonchev–Trinajstić information content (AvgIpc) is 2.41. The van der Waals surface area contributed by atoms with Crippen LogP contribution in [0.15, 0.2) is 11.6 Å². The topological polar surface area (TPSA) is 0 Å². The highest BCUT2D eigenvalue weighted by Gasteiger charge is 2.52. The number of allylic oxidation sites excluding steroid dienone is 1. The Hall–Kier alpha value is 2.44. The molecule has 0 aromatic rings. The molecule has 126 valence electrons. The molecule has 0 heterocycles. The molecule has 0 bridgehead atoms. The second-order valence-corrected chi connectivity index (χ2v) is 11.1. The third kappa shape index (κ3) is 8.38. The number of unbranched alkanes of at least 4 members (excludes halogenated alkanes) is 4. The third-order valence-electron chi connectivity index (χ3n) is 2.99. The molecule has 0 aromatic carbocycles. The van der Waals surface area contributed by atoms with E-state index >= 15 is 0 Å². The molecule has 4 unspecified atom stereocenters. The minimum atomic E-state index is -1.11. The van der Waals surface area contributed by atoms with E-state index in [9.17, 15) is 0 Å². The number of hydrogen-bond donors (Lipinski definition) is 0. The van der Waals surface area contributed by atoms with Gasteiger partial charge in [-0.15, -0.1) is 58.0 Å². The SMILES string of the molecule is ClC=CC(Cl)C(Cl)C(Cl)(Br)C(Cl)(Br)CCCCCCCCl. The van der Waals surface area contributed by atoms with Crippen molar-refractivity contribution < 1.29 is 0 Å². The molecule has 0 nitrogen and oxygen atoms in total. The minimum absolute atomic E-state index is 0.541. The fourth-order valence-electron chi connectivity index (χ4n) is 1.71. The molecule has 0 saturated carbocycles. The van der Waals surface area contributed by atoms with Crippen LogP contribution in [0, 0.1) is 0 Å². The molecule has 0 aliphatic heterocycles. The standard InChI is InChI=1S/C13H18Br2Cl6/c14-12(20,7-4-2-1-3-5-8-16)13(15,21)11(19)10(18)6-9-17/h6,9-11H,1-5,7-8H2. The fraction of sp³-hybridized carbons (Fsp3) is 0.846. The van der Waals surface area contributed by atoms with Gasteiger partial charge < -0.3 is 0 Å². The van der Waals surface area contributed by atoms with Crippen molar-refractivity contribution in [3.8, 4) is 0 Å². The lowest BCUT2D eigenvalue weighted by atomic mass is 10.0. The second kappa shape index (κ2) is 11.9. The summed E-state index contributed by atoms with van der Waals surface area (Å²) >= 11 is 43.5. The van der Waals surface area contributed by atoms with Crippen LogP contribution in [0.25, 0.3) is 0 Å². The summed E-state index contributed by atoms with van der Waals surface area (Å²) < 4.78 is -2.02. The Labute approximate surface area is 174 Å². The third-order valence-corrected chi connectivity index (χ3v) is 9.23. The maximum atomic E-state index is 6.52. The molecular formula is C13H18Br2Cl6. The molecule has 8 heteroatoms. The molecule has 0 aliphatic carbocycles. The van der Waals surface area contributed by atoms with Crippen LogP contribution in [-0.2, 0) is 0 Å². The molecule has 0 aliphatic rings. The molecule has 0 fully saturated rings. The van der Waals surface area contributed by atoms with Gasteiger partial charge in [-0.25, -0.2) is 0 Å². The number of halogens is 8. The Morgan fingerprint density at radius 1 is 0.952 bits per heavy atom. The zero-order valence-electron chi connectivity index (χ0n) is 11.3. The molecule has 0 spiro atoms. The highest BCUT2D eigenvalue weighted by Crippen LogP contribution is 2.53. The fourth-order valence-corrected chi connectivity index (χ4v) is 4.56. The van der Waals surface area contributed by atoms with Crippen molar-refractivity contribution in [2.24, 2.45) is 0 Å². The molecule has 4 atom stereocenters. The van der Waals surface area contributed by atoms with Crippen LogP contribution in [0.5, 0.6) is 0 Å². The lowest BCUT2D eigenvalue weighted by molar-refractivity contribution is 0.550. The van der Waals surface area contributed by atoms with Gasteiger partial charge in [-0.05, 0) is 12.8 Å². The van der Waals surface area contributed by atoms with Crippen LogP contribution in [0.1, 0.15) is 38.5 Å². The molecule has 0 saturated heterocycles. The predicted molar refractivity (Wildman–Crippen MR) is 108 cm³/mol. The maximum Gasteiger partial charge on any atom is 0.146 e. The van der Waals surface area contributed by atoms with Gasteiger partial charge in [-0.2, -0.15) is 0 Å². The maximum absolute atomic E-state index is 6.52. The molecule has 0 N–H and O–H groups in total. The molecule has 0 aromatic heterocycles. The normalized spacial score (nSPS) is 21.0. The summed E-state index contributed by atoms with van der Waals surface area (Å²) in [5.41, 5.74) is 1.31. The van der Waals surface area contributed by atoms with Gasteiger partial charge in [0.05, 0.1) is 10.8 Å². The summed E-state index contributed by atoms with van der Waals surface area (Å²) in [6, 6.07) is 0. The quantitative estimate of drug-likeness (QED) is 0.181. The largest absolute Gasteiger partial charge is 0.146 e. The Balaban J connectivity index is 4.43. The van der Waals surface area contributed by atoms with Gasteiger partial charge in [0.15, 0.2) is 0 Å². The summed E-state index contributed by atoms with van der Waals surface area (Å²) in [7, 11) is 0. The van der Waals surface area contributed by atoms with Crippen LogP contribution in [0.2, 0.25) is 0 Å². The summed E-state index contributed by atoms with van der Waals surface area (Å²) in [5, 5.41) is -1.19. The van der Waals surface area contributed by atoms with Crippen LogP contribution in [0.4, 0.5) is 0 Å². The van der Waals surface area contributed by atoms with Gasteiger partial charge in [-0.3, -0.25) is 0 Å². The molecule has 0 amide bonds. The molecule has 21 heavy (non-hydrogen) atoms. The monoisotopic (exact) mass is 542 g/mol. The first-order valence-electron chi connectivity index (χ1n) is 6.57. The van der Waals surface area contributed by atoms with E-state index in [0.29, 0.717) is 12.3 Å². The van der Waals surface area contributed by atoms with E-state index in [1.807, 2.05) is 0 Å². The second-order valence-electron chi connectivity index (χ2n) is 4.70. The van der Waals surface area contributed by atoms with Crippen LogP contribution in [0.3, 0.4) is 0 Å². The Morgan fingerprint density at radius 2 is 1.48 bits per heavy atom. The van der Waals surface area contributed by atoms with Crippen LogP contribution in [-0.4, -0.2) is 24.2 Å². The van der Waals surface area contributed by atoms with Crippen molar-refractivity contribution in [1.82, 2.24) is 0 Å². The number of hydrogen-bond acceptors (Lipinski definition) is 0. The van der Waals surface area contributed by atoms with E-state index in [1.165, 1.54) is 5.54 Å². The lowest BCUT2D eigenvalue weighted by Crippen LogP contribution is -2.46. The van der Waals surface area contributed by atoms with Gasteiger partial charge >= 0.3 is 0 Å². The summed E-state index contributed by atoms with van der Waals surface area (Å²) in [4.78, 5) is 0. The summed E-state index contributed by atoms with van der Waals surface area (Å²) in [6.45, 7) is 0. The first-order valence-corrected chi connectivity index (χ1v) is 10.8. The minimum Gasteiger partial charge on any atom is -0.127 e. The first-order chi connectivity index (χ1) is 9.70. The van der Waals surface area contributed by atoms with E-state index in [0.717, 1.165) is 32.1 Å². The Morgan fingerprint density at radius 3 is 2.00 bits per heavy atom. The lowest BCUT2D eigenvalue weighted by Gasteiger charge is -2.38. The van der Waals surface area contributed by atoms with Gasteiger partial charge in [0.25, 0.3) is 0 Å². The Bertz CT molecular complexity index is 309. The van der Waals surface area contributed by atoms with Crippen molar-refractivity contribution in [2.45, 2.75) is 56.8 Å². The molecule has 0 rings (SSSR count). The number of alkyl halides is 7. The molecule has 0 radical (unpaired) electrons. The summed E-state index contributed by atoms with van der Waals surface area (Å²) in [6.07, 6.45) is 7.51. The highest BCUT2D eigenvalue weighted by molar-refractivity contribution is 9.13. The van der Waals surface area contributed by atoms with Gasteiger partial charge in [0.2, 0.25) is 0 Å². The van der Waals surface area contributed by atoms with Crippen molar-refractivity contribution >= 4 is 101 Å². The van der Waals surface area contributed by atoms with Gasteiger partial charge in [-0.1, -0.05) is 75.2 Å². The smallest absolute Gasteiger partial charge is 0.127 e. The van der Waals surface area contributed by atoms with E-state index in [2.05, 4.69) is 31.9 Å². The highest BCUT2D eigenvalue weighted by atomic mass is 79.9. The molecular weight excluding hydrogens is 529 g/mol. The van der Waals surface area contributed by atoms with Crippen molar-refractivity contribution in [1.29, 1.82) is 0 Å². The van der Waals surface area contributed by atoms with Crippen LogP contribution >= 0.6 is 101 Å². The summed E-state index contributed by atoms with van der Waals surface area (Å²) in [5.74, 6) is 0.712. The van der Waals surface area contributed by atoms with Crippen molar-refractivity contribution in [3.05, 3.63) is 11.6 Å². The van der Waals surface area contributed by atoms with Gasteiger partial charge in [0.1, 0.15) is 7.57 Å². The number of rotatable bonds is 11. The van der Waals surface area contributed by atoms with Crippen molar-refractivity contribution in [2.75, 3.05) is 5.88 Å². The zero-order valence-corrected chi connectivity index (χ0v) is 19.0. The zero-order chi connectivity index (χ0) is 16.5. The average molecular weight is 547 g/mol. The van der Waals surface area contributed by atoms with Gasteiger partial charge in [0, 0.05) is 11.4 Å². The van der Waals surface area contributed by atoms with E-state index in [4.69, 9.17) is 69.6 Å². The van der Waals surface area contributed by atoms with E-state index < -0.39 is 18.3 Å². The van der Waals surface area contributed by atoms with Crippen molar-refractivity contribution in [3.63, 3.8) is 0 Å². The first kappa shape index (κ1) is 23.4. The van der Waals surface area contributed by atoms with E-state index in [1.54, 1.807) is 6.08 Å².